The molecule has 1 saturated carbocycles. The van der Waals surface area contributed by atoms with Gasteiger partial charge in [-0.3, -0.25) is 4.79 Å². The number of carbonyl (C=O) groups is 1. The second-order valence-electron chi connectivity index (χ2n) is 3.96. The molecule has 76 valence electrons. The van der Waals surface area contributed by atoms with Crippen LogP contribution in [0.3, 0.4) is 0 Å². The van der Waals surface area contributed by atoms with Crippen LogP contribution >= 0.6 is 11.3 Å². The van der Waals surface area contributed by atoms with E-state index < -0.39 is 0 Å². The summed E-state index contributed by atoms with van der Waals surface area (Å²) in [5.74, 6) is 0.724. The van der Waals surface area contributed by atoms with Crippen molar-refractivity contribution in [2.45, 2.75) is 44.9 Å². The van der Waals surface area contributed by atoms with E-state index in [0.717, 1.165) is 5.69 Å². The van der Waals surface area contributed by atoms with Crippen molar-refractivity contribution in [1.29, 1.82) is 0 Å². The molecule has 1 aromatic heterocycles. The Morgan fingerprint density at radius 1 is 1.43 bits per heavy atom. The summed E-state index contributed by atoms with van der Waals surface area (Å²) in [7, 11) is 0. The van der Waals surface area contributed by atoms with Crippen molar-refractivity contribution in [3.8, 4) is 0 Å². The molecule has 0 bridgehead atoms. The molecule has 1 aromatic rings. The number of rotatable bonds is 2. The third-order valence-electron chi connectivity index (χ3n) is 2.90. The minimum atomic E-state index is 0.117. The second kappa shape index (κ2) is 4.22. The molecule has 0 saturated heterocycles. The molecule has 14 heavy (non-hydrogen) atoms. The van der Waals surface area contributed by atoms with Gasteiger partial charge in [0.05, 0.1) is 5.51 Å². The highest BCUT2D eigenvalue weighted by molar-refractivity contribution is 7.10. The highest BCUT2D eigenvalue weighted by Crippen LogP contribution is 2.36. The smallest absolute Gasteiger partial charge is 0.179 e. The van der Waals surface area contributed by atoms with E-state index in [-0.39, 0.29) is 5.78 Å². The molecule has 1 fully saturated rings. The SMILES string of the molecule is CC(=O)c1ncsc1C1CCCCC1. The lowest BCUT2D eigenvalue weighted by Crippen LogP contribution is -2.07. The molecule has 2 nitrogen and oxygen atoms in total. The highest BCUT2D eigenvalue weighted by atomic mass is 32.1. The van der Waals surface area contributed by atoms with Gasteiger partial charge >= 0.3 is 0 Å². The molecule has 2 rings (SSSR count). The van der Waals surface area contributed by atoms with Crippen LogP contribution in [0.25, 0.3) is 0 Å². The van der Waals surface area contributed by atoms with Crippen LogP contribution in [0.4, 0.5) is 0 Å². The molecule has 0 spiro atoms. The van der Waals surface area contributed by atoms with E-state index >= 15 is 0 Å². The summed E-state index contributed by atoms with van der Waals surface area (Å²) in [6.07, 6.45) is 6.44. The van der Waals surface area contributed by atoms with Gasteiger partial charge < -0.3 is 0 Å². The van der Waals surface area contributed by atoms with Gasteiger partial charge in [0.15, 0.2) is 5.78 Å². The van der Waals surface area contributed by atoms with E-state index in [1.54, 1.807) is 23.8 Å². The van der Waals surface area contributed by atoms with E-state index in [2.05, 4.69) is 4.98 Å². The number of ketones is 1. The molecular formula is C11H15NOS. The van der Waals surface area contributed by atoms with Gasteiger partial charge in [-0.15, -0.1) is 11.3 Å². The van der Waals surface area contributed by atoms with Crippen LogP contribution in [0.2, 0.25) is 0 Å². The first-order chi connectivity index (χ1) is 6.79. The number of hydrogen-bond donors (Lipinski definition) is 0. The van der Waals surface area contributed by atoms with Crippen molar-refractivity contribution in [2.24, 2.45) is 0 Å². The Kier molecular flexibility index (Phi) is 2.96. The van der Waals surface area contributed by atoms with Gasteiger partial charge in [0.2, 0.25) is 0 Å². The van der Waals surface area contributed by atoms with Crippen molar-refractivity contribution in [3.05, 3.63) is 16.1 Å². The maximum Gasteiger partial charge on any atom is 0.179 e. The average Bonchev–Trinajstić information content (AvgIpc) is 2.67. The highest BCUT2D eigenvalue weighted by Gasteiger charge is 2.22. The summed E-state index contributed by atoms with van der Waals surface area (Å²) >= 11 is 1.65. The number of hydrogen-bond acceptors (Lipinski definition) is 3. The van der Waals surface area contributed by atoms with Crippen LogP contribution in [0.15, 0.2) is 5.51 Å². The van der Waals surface area contributed by atoms with Crippen LogP contribution < -0.4 is 0 Å². The lowest BCUT2D eigenvalue weighted by molar-refractivity contribution is 0.101. The summed E-state index contributed by atoms with van der Waals surface area (Å²) in [6.45, 7) is 1.61. The quantitative estimate of drug-likeness (QED) is 0.699. The first-order valence-electron chi connectivity index (χ1n) is 5.23. The fraction of sp³-hybridized carbons (Fsp3) is 0.636. The molecular weight excluding hydrogens is 194 g/mol. The molecule has 1 aliphatic carbocycles. The monoisotopic (exact) mass is 209 g/mol. The van der Waals surface area contributed by atoms with Crippen molar-refractivity contribution in [1.82, 2.24) is 4.98 Å². The predicted molar refractivity (Wildman–Crippen MR) is 57.9 cm³/mol. The van der Waals surface area contributed by atoms with Crippen LogP contribution in [-0.2, 0) is 0 Å². The Bertz CT molecular complexity index is 326. The number of nitrogens with zero attached hydrogens (tertiary/aromatic N) is 1. The fourth-order valence-corrected chi connectivity index (χ4v) is 3.18. The van der Waals surface area contributed by atoms with Gasteiger partial charge in [-0.05, 0) is 18.8 Å². The maximum atomic E-state index is 11.3. The third kappa shape index (κ3) is 1.87. The topological polar surface area (TPSA) is 30.0 Å². The van der Waals surface area contributed by atoms with Crippen LogP contribution in [0.1, 0.15) is 60.3 Å². The molecule has 0 unspecified atom stereocenters. The van der Waals surface area contributed by atoms with Crippen LogP contribution in [0, 0.1) is 0 Å². The van der Waals surface area contributed by atoms with E-state index in [1.165, 1.54) is 37.0 Å². The Morgan fingerprint density at radius 3 is 2.79 bits per heavy atom. The molecule has 3 heteroatoms. The van der Waals surface area contributed by atoms with Crippen molar-refractivity contribution < 1.29 is 4.79 Å². The van der Waals surface area contributed by atoms with Gasteiger partial charge in [0.25, 0.3) is 0 Å². The predicted octanol–water partition coefficient (Wildman–Crippen LogP) is 3.39. The summed E-state index contributed by atoms with van der Waals surface area (Å²) in [5.41, 5.74) is 2.53. The molecule has 1 heterocycles. The molecule has 0 aromatic carbocycles. The van der Waals surface area contributed by atoms with Gasteiger partial charge in [0.1, 0.15) is 5.69 Å². The molecule has 0 amide bonds. The zero-order valence-corrected chi connectivity index (χ0v) is 9.27. The van der Waals surface area contributed by atoms with E-state index in [0.29, 0.717) is 5.92 Å². The zero-order chi connectivity index (χ0) is 9.97. The second-order valence-corrected chi connectivity index (χ2v) is 4.84. The van der Waals surface area contributed by atoms with Crippen LogP contribution in [-0.4, -0.2) is 10.8 Å². The lowest BCUT2D eigenvalue weighted by Gasteiger charge is -2.20. The molecule has 1 aliphatic rings. The van der Waals surface area contributed by atoms with Gasteiger partial charge in [-0.1, -0.05) is 19.3 Å². The average molecular weight is 209 g/mol. The molecule has 0 N–H and O–H groups in total. The largest absolute Gasteiger partial charge is 0.293 e. The van der Waals surface area contributed by atoms with Crippen molar-refractivity contribution in [3.63, 3.8) is 0 Å². The van der Waals surface area contributed by atoms with Crippen molar-refractivity contribution >= 4 is 17.1 Å². The Balaban J connectivity index is 2.21. The number of thiazole rings is 1. The maximum absolute atomic E-state index is 11.3. The van der Waals surface area contributed by atoms with E-state index in [4.69, 9.17) is 0 Å². The molecule has 0 radical (unpaired) electrons. The first kappa shape index (κ1) is 9.84. The minimum absolute atomic E-state index is 0.117. The van der Waals surface area contributed by atoms with Crippen LogP contribution in [0.5, 0.6) is 0 Å². The molecule has 0 atom stereocenters. The summed E-state index contributed by atoms with van der Waals surface area (Å²) in [4.78, 5) is 16.7. The van der Waals surface area contributed by atoms with E-state index in [1.807, 2.05) is 0 Å². The summed E-state index contributed by atoms with van der Waals surface area (Å²) in [5, 5.41) is 0. The number of carbonyl (C=O) groups excluding carboxylic acids is 1. The summed E-state index contributed by atoms with van der Waals surface area (Å²) < 4.78 is 0. The van der Waals surface area contributed by atoms with E-state index in [9.17, 15) is 4.79 Å². The third-order valence-corrected chi connectivity index (χ3v) is 3.90. The zero-order valence-electron chi connectivity index (χ0n) is 8.45. The Morgan fingerprint density at radius 2 is 2.14 bits per heavy atom. The summed E-state index contributed by atoms with van der Waals surface area (Å²) in [6, 6.07) is 0. The minimum Gasteiger partial charge on any atom is -0.293 e. The molecule has 0 aliphatic heterocycles. The number of aromatic nitrogens is 1. The van der Waals surface area contributed by atoms with Gasteiger partial charge in [-0.25, -0.2) is 4.98 Å². The standard InChI is InChI=1S/C11H15NOS/c1-8(13)10-11(14-7-12-10)9-5-3-2-4-6-9/h7,9H,2-6H2,1H3. The Labute approximate surface area is 88.4 Å². The van der Waals surface area contributed by atoms with Crippen molar-refractivity contribution in [2.75, 3.05) is 0 Å². The first-order valence-corrected chi connectivity index (χ1v) is 6.11. The number of Topliss-reactive ketones (excluding diaryl/α,β-unsaturated/α-hetero) is 1. The lowest BCUT2D eigenvalue weighted by atomic mass is 9.87. The normalized spacial score (nSPS) is 18.4. The van der Waals surface area contributed by atoms with Gasteiger partial charge in [0, 0.05) is 11.8 Å². The Hall–Kier alpha value is -0.700. The van der Waals surface area contributed by atoms with Gasteiger partial charge in [-0.2, -0.15) is 0 Å². The fourth-order valence-electron chi connectivity index (χ4n) is 2.17.